The van der Waals surface area contributed by atoms with E-state index in [0.717, 1.165) is 30.3 Å². The van der Waals surface area contributed by atoms with Crippen LogP contribution in [0, 0.1) is 17.2 Å². The molecule has 2 aromatic rings. The standard InChI is InChI=1S/C30H30F8N2O5S/c1-26(25(42)43)11-9-17(10-12-26)24(41)40-14-13-27(46(44,45)20-6-4-19(31)5-7-20)21-8-3-18(15-22(21)39(2)16-23(27)40)28(32,29(33,34)35)30(36,37)38/h3-8,15,17,23H,9-14,16H2,1-2H3,(H,42,43). The number of carbonyl (C=O) groups is 2. The van der Waals surface area contributed by atoms with Crippen LogP contribution in [0.5, 0.6) is 0 Å². The summed E-state index contributed by atoms with van der Waals surface area (Å²) in [4.78, 5) is 27.8. The molecule has 0 bridgehead atoms. The molecule has 5 rings (SSSR count). The van der Waals surface area contributed by atoms with Crippen LogP contribution in [-0.2, 0) is 29.8 Å². The van der Waals surface area contributed by atoms with Gasteiger partial charge in [0.2, 0.25) is 5.91 Å². The summed E-state index contributed by atoms with van der Waals surface area (Å²) in [6.45, 7) is 1.04. The van der Waals surface area contributed by atoms with Crippen molar-refractivity contribution in [3.63, 3.8) is 0 Å². The summed E-state index contributed by atoms with van der Waals surface area (Å²) in [5.74, 6) is -2.90. The number of hydrogen-bond donors (Lipinski definition) is 1. The molecule has 7 nitrogen and oxygen atoms in total. The molecule has 1 saturated heterocycles. The first-order valence-corrected chi connectivity index (χ1v) is 15.8. The summed E-state index contributed by atoms with van der Waals surface area (Å²) in [5, 5.41) is 9.58. The number of nitrogens with zero attached hydrogens (tertiary/aromatic N) is 2. The first kappa shape index (κ1) is 33.9. The van der Waals surface area contributed by atoms with Crippen LogP contribution in [-0.4, -0.2) is 68.8 Å². The number of carboxylic acids is 1. The highest BCUT2D eigenvalue weighted by Gasteiger charge is 2.74. The van der Waals surface area contributed by atoms with Crippen molar-refractivity contribution in [3.05, 3.63) is 59.4 Å². The third-order valence-electron chi connectivity index (χ3n) is 9.97. The molecule has 0 aromatic heterocycles. The Labute approximate surface area is 259 Å². The maximum Gasteiger partial charge on any atom is 0.435 e. The molecule has 2 aromatic carbocycles. The summed E-state index contributed by atoms with van der Waals surface area (Å²) < 4.78 is 138. The van der Waals surface area contributed by atoms with Gasteiger partial charge in [0.1, 0.15) is 10.6 Å². The van der Waals surface area contributed by atoms with Gasteiger partial charge in [-0.25, -0.2) is 17.2 Å². The molecule has 2 fully saturated rings. The van der Waals surface area contributed by atoms with Crippen molar-refractivity contribution < 1.29 is 58.2 Å². The second kappa shape index (κ2) is 10.8. The zero-order chi connectivity index (χ0) is 34.3. The van der Waals surface area contributed by atoms with E-state index in [1.807, 2.05) is 0 Å². The smallest absolute Gasteiger partial charge is 0.435 e. The van der Waals surface area contributed by atoms with Crippen molar-refractivity contribution in [2.24, 2.45) is 11.3 Å². The molecule has 252 valence electrons. The third-order valence-corrected chi connectivity index (χ3v) is 12.5. The van der Waals surface area contributed by atoms with Crippen LogP contribution in [0.25, 0.3) is 0 Å². The van der Waals surface area contributed by atoms with E-state index in [2.05, 4.69) is 0 Å². The maximum absolute atomic E-state index is 15.1. The Morgan fingerprint density at radius 2 is 1.48 bits per heavy atom. The number of fused-ring (bicyclic) bond motifs is 3. The van der Waals surface area contributed by atoms with Gasteiger partial charge in [0.25, 0.3) is 0 Å². The summed E-state index contributed by atoms with van der Waals surface area (Å²) in [6, 6.07) is 3.83. The lowest BCUT2D eigenvalue weighted by Gasteiger charge is -2.47. The largest absolute Gasteiger partial charge is 0.481 e. The van der Waals surface area contributed by atoms with Crippen molar-refractivity contribution in [3.8, 4) is 0 Å². The highest BCUT2D eigenvalue weighted by Crippen LogP contribution is 2.58. The van der Waals surface area contributed by atoms with Crippen molar-refractivity contribution in [2.45, 2.75) is 72.7 Å². The van der Waals surface area contributed by atoms with Crippen LogP contribution in [0.1, 0.15) is 50.2 Å². The van der Waals surface area contributed by atoms with Crippen LogP contribution in [0.3, 0.4) is 0 Å². The lowest BCUT2D eigenvalue weighted by molar-refractivity contribution is -0.348. The topological polar surface area (TPSA) is 95.0 Å². The molecular formula is C30H30F8N2O5S. The monoisotopic (exact) mass is 682 g/mol. The molecule has 1 amide bonds. The number of benzene rings is 2. The number of rotatable bonds is 5. The van der Waals surface area contributed by atoms with Crippen LogP contribution < -0.4 is 4.90 Å². The molecule has 1 saturated carbocycles. The van der Waals surface area contributed by atoms with Crippen molar-refractivity contribution >= 4 is 27.4 Å². The van der Waals surface area contributed by atoms with Gasteiger partial charge in [0.05, 0.1) is 16.4 Å². The fourth-order valence-electron chi connectivity index (χ4n) is 7.18. The Hall–Kier alpha value is -3.43. The Morgan fingerprint density at radius 1 is 0.913 bits per heavy atom. The molecule has 46 heavy (non-hydrogen) atoms. The fraction of sp³-hybridized carbons (Fsp3) is 0.533. The molecule has 1 N–H and O–H groups in total. The zero-order valence-corrected chi connectivity index (χ0v) is 25.4. The number of amides is 1. The van der Waals surface area contributed by atoms with E-state index in [9.17, 15) is 53.8 Å². The number of alkyl halides is 7. The SMILES string of the molecule is CN1CC2N(C(=O)C3CCC(C)(C(=O)O)CC3)CCC2(S(=O)(=O)c2ccc(F)cc2)c2ccc(C(F)(C(F)(F)F)C(F)(F)F)cc21. The minimum absolute atomic E-state index is 0.163. The predicted molar refractivity (Wildman–Crippen MR) is 148 cm³/mol. The Bertz CT molecular complexity index is 1640. The Kier molecular flexibility index (Phi) is 7.97. The molecule has 2 atom stereocenters. The summed E-state index contributed by atoms with van der Waals surface area (Å²) in [7, 11) is -3.37. The summed E-state index contributed by atoms with van der Waals surface area (Å²) >= 11 is 0. The average molecular weight is 683 g/mol. The zero-order valence-electron chi connectivity index (χ0n) is 24.6. The molecule has 0 spiro atoms. The minimum Gasteiger partial charge on any atom is -0.481 e. The molecule has 1 aliphatic carbocycles. The minimum atomic E-state index is -6.40. The normalized spacial score (nSPS) is 27.3. The summed E-state index contributed by atoms with van der Waals surface area (Å²) in [6.07, 6.45) is -12.4. The van der Waals surface area contributed by atoms with Crippen molar-refractivity contribution in [2.75, 3.05) is 25.0 Å². The van der Waals surface area contributed by atoms with Gasteiger partial charge in [0.15, 0.2) is 9.84 Å². The third kappa shape index (κ3) is 4.84. The Balaban J connectivity index is 1.65. The van der Waals surface area contributed by atoms with Gasteiger partial charge in [-0.3, -0.25) is 9.59 Å². The lowest BCUT2D eigenvalue weighted by Crippen LogP contribution is -2.58. The van der Waals surface area contributed by atoms with E-state index in [4.69, 9.17) is 0 Å². The van der Waals surface area contributed by atoms with Gasteiger partial charge in [-0.1, -0.05) is 12.1 Å². The predicted octanol–water partition coefficient (Wildman–Crippen LogP) is 6.12. The van der Waals surface area contributed by atoms with E-state index >= 15 is 4.39 Å². The van der Waals surface area contributed by atoms with Crippen LogP contribution in [0.4, 0.5) is 40.8 Å². The van der Waals surface area contributed by atoms with E-state index in [1.165, 1.54) is 16.8 Å². The second-order valence-electron chi connectivity index (χ2n) is 12.6. The average Bonchev–Trinajstić information content (AvgIpc) is 3.36. The van der Waals surface area contributed by atoms with Crippen LogP contribution in [0.2, 0.25) is 0 Å². The number of likely N-dealkylation sites (N-methyl/N-ethyl adjacent to an activating group) is 1. The highest BCUT2D eigenvalue weighted by atomic mass is 32.2. The number of halogens is 8. The quantitative estimate of drug-likeness (QED) is 0.302. The number of carboxylic acid groups (broad SMARTS) is 1. The van der Waals surface area contributed by atoms with Crippen molar-refractivity contribution in [1.82, 2.24) is 4.90 Å². The summed E-state index contributed by atoms with van der Waals surface area (Å²) in [5.41, 5.74) is -9.24. The number of hydrogen-bond acceptors (Lipinski definition) is 5. The number of sulfone groups is 1. The maximum atomic E-state index is 15.1. The van der Waals surface area contributed by atoms with Crippen LogP contribution in [0.15, 0.2) is 47.4 Å². The molecule has 16 heteroatoms. The van der Waals surface area contributed by atoms with Gasteiger partial charge in [-0.05, 0) is 74.9 Å². The first-order valence-electron chi connectivity index (χ1n) is 14.3. The van der Waals surface area contributed by atoms with Crippen LogP contribution >= 0.6 is 0 Å². The molecular weight excluding hydrogens is 652 g/mol. The molecule has 3 aliphatic rings. The highest BCUT2D eigenvalue weighted by molar-refractivity contribution is 7.92. The number of carbonyl (C=O) groups excluding carboxylic acids is 1. The van der Waals surface area contributed by atoms with Gasteiger partial charge >= 0.3 is 24.0 Å². The number of anilines is 1. The fourth-order valence-corrected chi connectivity index (χ4v) is 9.48. The van der Waals surface area contributed by atoms with Gasteiger partial charge in [0, 0.05) is 37.3 Å². The van der Waals surface area contributed by atoms with E-state index in [-0.39, 0.29) is 56.8 Å². The molecule has 0 radical (unpaired) electrons. The molecule has 2 aliphatic heterocycles. The van der Waals surface area contributed by atoms with Gasteiger partial charge in [-0.2, -0.15) is 26.3 Å². The first-order chi connectivity index (χ1) is 21.1. The van der Waals surface area contributed by atoms with E-state index < -0.39 is 83.8 Å². The van der Waals surface area contributed by atoms with Gasteiger partial charge < -0.3 is 14.9 Å². The lowest BCUT2D eigenvalue weighted by atomic mass is 9.71. The second-order valence-corrected chi connectivity index (χ2v) is 14.8. The molecule has 2 unspecified atom stereocenters. The van der Waals surface area contributed by atoms with E-state index in [1.54, 1.807) is 6.92 Å². The Morgan fingerprint density at radius 3 is 2.00 bits per heavy atom. The number of aliphatic carboxylic acids is 1. The van der Waals surface area contributed by atoms with E-state index in [0.29, 0.717) is 6.07 Å². The van der Waals surface area contributed by atoms with Crippen molar-refractivity contribution in [1.29, 1.82) is 0 Å². The van der Waals surface area contributed by atoms with Gasteiger partial charge in [-0.15, -0.1) is 0 Å². The molecule has 2 heterocycles. The number of likely N-dealkylation sites (tertiary alicyclic amines) is 1.